The number of carbonyl (C=O) groups is 4. The van der Waals surface area contributed by atoms with Gasteiger partial charge in [0.25, 0.3) is 0 Å². The topological polar surface area (TPSA) is 237 Å². The average molecular weight is 1310 g/mol. The zero-order chi connectivity index (χ0) is 66.1. The Morgan fingerprint density at radius 1 is 0.315 bits per heavy atom. The van der Waals surface area contributed by atoms with Crippen molar-refractivity contribution < 1.29 is 80.2 Å². The van der Waals surface area contributed by atoms with E-state index in [2.05, 4.69) is 55.4 Å². The third kappa shape index (κ3) is 63.2. The zero-order valence-electron chi connectivity index (χ0n) is 58.1. The average Bonchev–Trinajstić information content (AvgIpc) is 3.58. The van der Waals surface area contributed by atoms with Gasteiger partial charge in [-0.25, -0.2) is 9.13 Å². The Hall–Kier alpha value is -1.94. The van der Waals surface area contributed by atoms with Gasteiger partial charge in [-0.05, 0) is 49.4 Å². The highest BCUT2D eigenvalue weighted by molar-refractivity contribution is 7.47. The molecule has 0 aromatic rings. The molecule has 0 amide bonds. The van der Waals surface area contributed by atoms with Gasteiger partial charge in [0.05, 0.1) is 26.4 Å². The van der Waals surface area contributed by atoms with Gasteiger partial charge in [-0.15, -0.1) is 0 Å². The van der Waals surface area contributed by atoms with Gasteiger partial charge in [0, 0.05) is 25.7 Å². The fourth-order valence-corrected chi connectivity index (χ4v) is 12.0. The number of hydrogen-bond acceptors (Lipinski definition) is 15. The predicted octanol–water partition coefficient (Wildman–Crippen LogP) is 19.7. The first-order valence-corrected chi connectivity index (χ1v) is 39.2. The number of aliphatic hydroxyl groups is 1. The van der Waals surface area contributed by atoms with Gasteiger partial charge in [0.2, 0.25) is 0 Å². The van der Waals surface area contributed by atoms with Gasteiger partial charge in [-0.2, -0.15) is 0 Å². The number of hydrogen-bond donors (Lipinski definition) is 3. The summed E-state index contributed by atoms with van der Waals surface area (Å²) in [5.74, 6) is 0.812. The molecule has 19 heteroatoms. The van der Waals surface area contributed by atoms with E-state index < -0.39 is 97.5 Å². The first kappa shape index (κ1) is 87.1. The minimum Gasteiger partial charge on any atom is -0.462 e. The third-order valence-corrected chi connectivity index (χ3v) is 18.3. The first-order valence-electron chi connectivity index (χ1n) is 36.2. The van der Waals surface area contributed by atoms with Crippen LogP contribution in [0, 0.1) is 23.7 Å². The molecule has 3 unspecified atom stereocenters. The molecule has 0 aliphatic carbocycles. The summed E-state index contributed by atoms with van der Waals surface area (Å²) in [6.45, 7) is 14.0. The standard InChI is InChI=1S/C70H136O17P2/c1-9-63(8)49-41-33-27-29-37-45-53-70(75)87-66(57-81-68(73)51-43-35-28-26-32-40-48-62(6)7)59-85-89(78,79)83-55-64(71)54-82-88(76,77)84-58-65(56-80-67(72)50-42-34-24-21-17-19-23-31-39-47-61(4)5)86-69(74)52-44-36-25-20-16-14-12-10-11-13-15-18-22-30-38-46-60(2)3/h60-66,71H,9-59H2,1-8H3,(H,76,77)(H,78,79)/t63?,64-,65-,66-/m1/s1. The van der Waals surface area contributed by atoms with Gasteiger partial charge >= 0.3 is 39.5 Å². The van der Waals surface area contributed by atoms with E-state index in [0.29, 0.717) is 31.6 Å². The molecule has 6 atom stereocenters. The van der Waals surface area contributed by atoms with Crippen molar-refractivity contribution in [1.29, 1.82) is 0 Å². The molecule has 0 radical (unpaired) electrons. The largest absolute Gasteiger partial charge is 0.472 e. The zero-order valence-corrected chi connectivity index (χ0v) is 59.8. The lowest BCUT2D eigenvalue weighted by Gasteiger charge is -2.21. The highest BCUT2D eigenvalue weighted by Gasteiger charge is 2.30. The maximum absolute atomic E-state index is 13.0. The van der Waals surface area contributed by atoms with Crippen LogP contribution in [0.25, 0.3) is 0 Å². The van der Waals surface area contributed by atoms with Gasteiger partial charge in [0.15, 0.2) is 12.2 Å². The summed E-state index contributed by atoms with van der Waals surface area (Å²) in [6.07, 6.45) is 41.9. The SMILES string of the molecule is CCC(C)CCCCCCCCC(=O)O[C@H](COC(=O)CCCCCCCCC(C)C)COP(=O)(O)OC[C@H](O)COP(=O)(O)OC[C@@H](COC(=O)CCCCCCCCCCCC(C)C)OC(=O)CCCCCCCCCCCCCCCCCC(C)C. The summed E-state index contributed by atoms with van der Waals surface area (Å²) >= 11 is 0. The number of rotatable bonds is 67. The fraction of sp³-hybridized carbons (Fsp3) is 0.943. The number of unbranched alkanes of at least 4 members (excludes halogenated alkanes) is 32. The minimum atomic E-state index is -4.95. The summed E-state index contributed by atoms with van der Waals surface area (Å²) < 4.78 is 68.2. The maximum atomic E-state index is 13.0. The Labute approximate surface area is 543 Å². The molecule has 89 heavy (non-hydrogen) atoms. The van der Waals surface area contributed by atoms with E-state index in [9.17, 15) is 43.2 Å². The van der Waals surface area contributed by atoms with Crippen molar-refractivity contribution in [3.63, 3.8) is 0 Å². The second kappa shape index (κ2) is 59.8. The minimum absolute atomic E-state index is 0.101. The van der Waals surface area contributed by atoms with Crippen LogP contribution in [-0.4, -0.2) is 96.7 Å². The van der Waals surface area contributed by atoms with E-state index in [1.54, 1.807) is 0 Å². The Morgan fingerprint density at radius 2 is 0.539 bits per heavy atom. The van der Waals surface area contributed by atoms with E-state index in [1.165, 1.54) is 141 Å². The summed E-state index contributed by atoms with van der Waals surface area (Å²) in [6, 6.07) is 0. The first-order chi connectivity index (χ1) is 42.6. The van der Waals surface area contributed by atoms with E-state index in [-0.39, 0.29) is 25.7 Å². The lowest BCUT2D eigenvalue weighted by Crippen LogP contribution is -2.30. The third-order valence-electron chi connectivity index (χ3n) is 16.4. The van der Waals surface area contributed by atoms with E-state index in [1.807, 2.05) is 0 Å². The summed E-state index contributed by atoms with van der Waals surface area (Å²) in [7, 11) is -9.90. The Morgan fingerprint density at radius 3 is 0.798 bits per heavy atom. The van der Waals surface area contributed by atoms with E-state index in [4.69, 9.17) is 37.0 Å². The van der Waals surface area contributed by atoms with Crippen LogP contribution < -0.4 is 0 Å². The molecule has 0 fully saturated rings. The van der Waals surface area contributed by atoms with Gasteiger partial charge in [0.1, 0.15) is 19.3 Å². The molecule has 528 valence electrons. The van der Waals surface area contributed by atoms with Crippen LogP contribution in [-0.2, 0) is 65.4 Å². The Balaban J connectivity index is 5.22. The van der Waals surface area contributed by atoms with Crippen molar-refractivity contribution in [2.75, 3.05) is 39.6 Å². The summed E-state index contributed by atoms with van der Waals surface area (Å²) in [5.41, 5.74) is 0. The van der Waals surface area contributed by atoms with Crippen LogP contribution in [0.1, 0.15) is 344 Å². The van der Waals surface area contributed by atoms with E-state index >= 15 is 0 Å². The van der Waals surface area contributed by atoms with Crippen molar-refractivity contribution in [1.82, 2.24) is 0 Å². The summed E-state index contributed by atoms with van der Waals surface area (Å²) in [4.78, 5) is 72.5. The number of ether oxygens (including phenoxy) is 4. The smallest absolute Gasteiger partial charge is 0.462 e. The van der Waals surface area contributed by atoms with Crippen molar-refractivity contribution >= 4 is 39.5 Å². The molecule has 0 spiro atoms. The normalized spacial score (nSPS) is 14.6. The lowest BCUT2D eigenvalue weighted by atomic mass is 10.00. The molecular formula is C70H136O17P2. The number of esters is 4. The van der Waals surface area contributed by atoms with Gasteiger partial charge in [-0.1, -0.05) is 293 Å². The number of phosphoric ester groups is 2. The van der Waals surface area contributed by atoms with Crippen molar-refractivity contribution in [3.05, 3.63) is 0 Å². The van der Waals surface area contributed by atoms with Crippen LogP contribution in [0.5, 0.6) is 0 Å². The van der Waals surface area contributed by atoms with Crippen LogP contribution in [0.2, 0.25) is 0 Å². The highest BCUT2D eigenvalue weighted by Crippen LogP contribution is 2.45. The fourth-order valence-electron chi connectivity index (χ4n) is 10.5. The van der Waals surface area contributed by atoms with Crippen LogP contribution in [0.4, 0.5) is 0 Å². The quantitative estimate of drug-likeness (QED) is 0.0222. The molecule has 0 heterocycles. The number of phosphoric acid groups is 2. The molecule has 17 nitrogen and oxygen atoms in total. The molecule has 0 aromatic heterocycles. The maximum Gasteiger partial charge on any atom is 0.472 e. The summed E-state index contributed by atoms with van der Waals surface area (Å²) in [5, 5.41) is 10.6. The predicted molar refractivity (Wildman–Crippen MR) is 358 cm³/mol. The lowest BCUT2D eigenvalue weighted by molar-refractivity contribution is -0.161. The van der Waals surface area contributed by atoms with Crippen LogP contribution in [0.3, 0.4) is 0 Å². The van der Waals surface area contributed by atoms with Crippen LogP contribution in [0.15, 0.2) is 0 Å². The van der Waals surface area contributed by atoms with Crippen LogP contribution >= 0.6 is 15.6 Å². The number of aliphatic hydroxyl groups excluding tert-OH is 1. The molecule has 0 aliphatic heterocycles. The molecule has 0 saturated carbocycles. The Bertz CT molecular complexity index is 1770. The second-order valence-electron chi connectivity index (χ2n) is 26.9. The highest BCUT2D eigenvalue weighted by atomic mass is 31.2. The van der Waals surface area contributed by atoms with Crippen molar-refractivity contribution in [2.45, 2.75) is 363 Å². The van der Waals surface area contributed by atoms with Crippen molar-refractivity contribution in [2.24, 2.45) is 23.7 Å². The second-order valence-corrected chi connectivity index (χ2v) is 29.8. The molecule has 0 saturated heterocycles. The monoisotopic (exact) mass is 1310 g/mol. The molecule has 0 bridgehead atoms. The molecular weight excluding hydrogens is 1170 g/mol. The molecule has 3 N–H and O–H groups in total. The molecule has 0 rings (SSSR count). The number of carbonyl (C=O) groups excluding carboxylic acids is 4. The van der Waals surface area contributed by atoms with Crippen molar-refractivity contribution in [3.8, 4) is 0 Å². The van der Waals surface area contributed by atoms with Gasteiger partial charge in [-0.3, -0.25) is 37.3 Å². The molecule has 0 aromatic carbocycles. The van der Waals surface area contributed by atoms with Gasteiger partial charge < -0.3 is 33.8 Å². The Kier molecular flexibility index (Phi) is 58.5. The van der Waals surface area contributed by atoms with E-state index in [0.717, 1.165) is 114 Å². The molecule has 0 aliphatic rings.